The molecule has 1 unspecified atom stereocenters. The van der Waals surface area contributed by atoms with Gasteiger partial charge in [0.25, 0.3) is 0 Å². The SMILES string of the molecule is CCC[C@H]1CCOC(C)S1. The van der Waals surface area contributed by atoms with Gasteiger partial charge in [-0.25, -0.2) is 0 Å². The average molecular weight is 160 g/mol. The summed E-state index contributed by atoms with van der Waals surface area (Å²) in [4.78, 5) is 0. The van der Waals surface area contributed by atoms with E-state index in [0.717, 1.165) is 11.9 Å². The molecule has 0 aromatic carbocycles. The highest BCUT2D eigenvalue weighted by Gasteiger charge is 2.18. The monoisotopic (exact) mass is 160 g/mol. The first-order chi connectivity index (χ1) is 4.83. The maximum Gasteiger partial charge on any atom is 0.100 e. The highest BCUT2D eigenvalue weighted by Crippen LogP contribution is 2.29. The van der Waals surface area contributed by atoms with Crippen molar-refractivity contribution in [3.05, 3.63) is 0 Å². The Morgan fingerprint density at radius 3 is 3.00 bits per heavy atom. The summed E-state index contributed by atoms with van der Waals surface area (Å²) in [5, 5.41) is 0.869. The van der Waals surface area contributed by atoms with Gasteiger partial charge in [-0.2, -0.15) is 0 Å². The summed E-state index contributed by atoms with van der Waals surface area (Å²) in [5.74, 6) is 0. The molecule has 10 heavy (non-hydrogen) atoms. The lowest BCUT2D eigenvalue weighted by atomic mass is 10.2. The number of hydrogen-bond donors (Lipinski definition) is 0. The molecule has 1 nitrogen and oxygen atoms in total. The molecule has 1 aliphatic heterocycles. The number of ether oxygens (including phenoxy) is 1. The zero-order valence-corrected chi connectivity index (χ0v) is 7.62. The van der Waals surface area contributed by atoms with Crippen LogP contribution in [0.2, 0.25) is 0 Å². The van der Waals surface area contributed by atoms with Crippen molar-refractivity contribution in [2.24, 2.45) is 0 Å². The summed E-state index contributed by atoms with van der Waals surface area (Å²) in [6, 6.07) is 0. The second kappa shape index (κ2) is 4.24. The summed E-state index contributed by atoms with van der Waals surface area (Å²) < 4.78 is 5.42. The van der Waals surface area contributed by atoms with Gasteiger partial charge in [-0.1, -0.05) is 13.3 Å². The third-order valence-corrected chi connectivity index (χ3v) is 3.16. The maximum atomic E-state index is 5.42. The second-order valence-corrected chi connectivity index (χ2v) is 4.38. The molecule has 1 aliphatic rings. The van der Waals surface area contributed by atoms with Crippen LogP contribution in [-0.2, 0) is 4.74 Å². The molecule has 0 aromatic rings. The van der Waals surface area contributed by atoms with Crippen molar-refractivity contribution in [3.63, 3.8) is 0 Å². The van der Waals surface area contributed by atoms with Gasteiger partial charge in [0, 0.05) is 11.9 Å². The van der Waals surface area contributed by atoms with E-state index in [2.05, 4.69) is 13.8 Å². The van der Waals surface area contributed by atoms with Crippen molar-refractivity contribution >= 4 is 11.8 Å². The van der Waals surface area contributed by atoms with Gasteiger partial charge in [0.1, 0.15) is 5.44 Å². The fraction of sp³-hybridized carbons (Fsp3) is 1.00. The molecule has 0 spiro atoms. The molecule has 60 valence electrons. The lowest BCUT2D eigenvalue weighted by Gasteiger charge is -2.26. The lowest BCUT2D eigenvalue weighted by Crippen LogP contribution is -2.20. The van der Waals surface area contributed by atoms with Crippen LogP contribution in [0.25, 0.3) is 0 Å². The zero-order valence-electron chi connectivity index (χ0n) is 6.80. The third-order valence-electron chi connectivity index (χ3n) is 1.79. The van der Waals surface area contributed by atoms with Gasteiger partial charge in [-0.3, -0.25) is 0 Å². The zero-order chi connectivity index (χ0) is 7.40. The van der Waals surface area contributed by atoms with Gasteiger partial charge in [0.05, 0.1) is 0 Å². The van der Waals surface area contributed by atoms with Crippen molar-refractivity contribution in [2.45, 2.75) is 43.8 Å². The van der Waals surface area contributed by atoms with Gasteiger partial charge in [0.15, 0.2) is 0 Å². The molecule has 2 heteroatoms. The molecule has 0 N–H and O–H groups in total. The Morgan fingerprint density at radius 2 is 2.40 bits per heavy atom. The van der Waals surface area contributed by atoms with E-state index in [4.69, 9.17) is 4.74 Å². The molecule has 0 aromatic heterocycles. The third kappa shape index (κ3) is 2.51. The molecular formula is C8H16OS. The van der Waals surface area contributed by atoms with E-state index in [1.807, 2.05) is 11.8 Å². The Labute approximate surface area is 67.5 Å². The van der Waals surface area contributed by atoms with E-state index >= 15 is 0 Å². The minimum Gasteiger partial charge on any atom is -0.368 e. The van der Waals surface area contributed by atoms with Gasteiger partial charge in [0.2, 0.25) is 0 Å². The second-order valence-electron chi connectivity index (χ2n) is 2.77. The summed E-state index contributed by atoms with van der Waals surface area (Å²) in [5.41, 5.74) is 0.435. The summed E-state index contributed by atoms with van der Waals surface area (Å²) in [6.07, 6.45) is 3.92. The van der Waals surface area contributed by atoms with Crippen molar-refractivity contribution in [3.8, 4) is 0 Å². The van der Waals surface area contributed by atoms with E-state index < -0.39 is 0 Å². The predicted molar refractivity (Wildman–Crippen MR) is 46.3 cm³/mol. The Balaban J connectivity index is 2.18. The number of rotatable bonds is 2. The Morgan fingerprint density at radius 1 is 1.60 bits per heavy atom. The van der Waals surface area contributed by atoms with Crippen LogP contribution in [0.3, 0.4) is 0 Å². The smallest absolute Gasteiger partial charge is 0.100 e. The first-order valence-electron chi connectivity index (χ1n) is 4.10. The van der Waals surface area contributed by atoms with Crippen LogP contribution in [0.5, 0.6) is 0 Å². The van der Waals surface area contributed by atoms with Crippen LogP contribution in [0.15, 0.2) is 0 Å². The van der Waals surface area contributed by atoms with E-state index in [1.54, 1.807) is 0 Å². The van der Waals surface area contributed by atoms with E-state index in [9.17, 15) is 0 Å². The number of thioether (sulfide) groups is 1. The molecule has 0 saturated carbocycles. The highest BCUT2D eigenvalue weighted by atomic mass is 32.2. The van der Waals surface area contributed by atoms with E-state index in [-0.39, 0.29) is 0 Å². The minimum atomic E-state index is 0.435. The van der Waals surface area contributed by atoms with Crippen LogP contribution in [0, 0.1) is 0 Å². The van der Waals surface area contributed by atoms with Crippen LogP contribution in [-0.4, -0.2) is 17.3 Å². The topological polar surface area (TPSA) is 9.23 Å². The summed E-state index contributed by atoms with van der Waals surface area (Å²) in [6.45, 7) is 5.37. The van der Waals surface area contributed by atoms with Crippen LogP contribution >= 0.6 is 11.8 Å². The fourth-order valence-electron chi connectivity index (χ4n) is 1.28. The molecule has 0 bridgehead atoms. The lowest BCUT2D eigenvalue weighted by molar-refractivity contribution is 0.110. The number of hydrogen-bond acceptors (Lipinski definition) is 2. The molecule has 1 rings (SSSR count). The fourth-order valence-corrected chi connectivity index (χ4v) is 2.60. The van der Waals surface area contributed by atoms with Gasteiger partial charge >= 0.3 is 0 Å². The highest BCUT2D eigenvalue weighted by molar-refractivity contribution is 8.00. The minimum absolute atomic E-state index is 0.435. The Kier molecular flexibility index (Phi) is 3.57. The van der Waals surface area contributed by atoms with E-state index in [1.165, 1.54) is 19.3 Å². The van der Waals surface area contributed by atoms with Crippen LogP contribution < -0.4 is 0 Å². The standard InChI is InChI=1S/C8H16OS/c1-3-4-8-5-6-9-7(2)10-8/h7-8H,3-6H2,1-2H3/t7?,8-/m0/s1. The maximum absolute atomic E-state index is 5.42. The summed E-state index contributed by atoms with van der Waals surface area (Å²) >= 11 is 1.99. The van der Waals surface area contributed by atoms with Gasteiger partial charge in [-0.05, 0) is 19.8 Å². The molecule has 1 heterocycles. The van der Waals surface area contributed by atoms with Crippen molar-refractivity contribution in [1.29, 1.82) is 0 Å². The van der Waals surface area contributed by atoms with Crippen LogP contribution in [0.1, 0.15) is 33.1 Å². The summed E-state index contributed by atoms with van der Waals surface area (Å²) in [7, 11) is 0. The molecule has 1 saturated heterocycles. The average Bonchev–Trinajstić information content (AvgIpc) is 1.88. The molecular weight excluding hydrogens is 144 g/mol. The molecule has 1 fully saturated rings. The van der Waals surface area contributed by atoms with Gasteiger partial charge in [-0.15, -0.1) is 11.8 Å². The first-order valence-corrected chi connectivity index (χ1v) is 5.04. The normalized spacial score (nSPS) is 34.2. The van der Waals surface area contributed by atoms with Crippen molar-refractivity contribution < 1.29 is 4.74 Å². The molecule has 0 aliphatic carbocycles. The van der Waals surface area contributed by atoms with E-state index in [0.29, 0.717) is 5.44 Å². The first kappa shape index (κ1) is 8.41. The Bertz CT molecular complexity index is 93.3. The van der Waals surface area contributed by atoms with Crippen molar-refractivity contribution in [1.82, 2.24) is 0 Å². The quantitative estimate of drug-likeness (QED) is 0.614. The van der Waals surface area contributed by atoms with Crippen molar-refractivity contribution in [2.75, 3.05) is 6.61 Å². The molecule has 0 radical (unpaired) electrons. The molecule has 2 atom stereocenters. The predicted octanol–water partition coefficient (Wildman–Crippen LogP) is 2.65. The Hall–Kier alpha value is 0.310. The van der Waals surface area contributed by atoms with Crippen LogP contribution in [0.4, 0.5) is 0 Å². The molecule has 0 amide bonds. The largest absolute Gasteiger partial charge is 0.368 e. The van der Waals surface area contributed by atoms with Gasteiger partial charge < -0.3 is 4.74 Å².